The molecule has 0 amide bonds. The molecule has 0 aromatic carbocycles. The second-order valence-corrected chi connectivity index (χ2v) is 5.97. The van der Waals surface area contributed by atoms with Crippen LogP contribution in [0.1, 0.15) is 19.5 Å². The zero-order valence-corrected chi connectivity index (χ0v) is 11.1. The van der Waals surface area contributed by atoms with E-state index in [1.54, 1.807) is 11.8 Å². The van der Waals surface area contributed by atoms with Gasteiger partial charge in [-0.2, -0.15) is 5.10 Å². The van der Waals surface area contributed by atoms with Gasteiger partial charge in [0, 0.05) is 25.5 Å². The molecule has 0 bridgehead atoms. The zero-order chi connectivity index (χ0) is 11.8. The maximum Gasteiger partial charge on any atom is 0.161 e. The molecule has 0 saturated heterocycles. The Labute approximate surface area is 101 Å². The van der Waals surface area contributed by atoms with Gasteiger partial charge in [0.05, 0.1) is 11.4 Å². The van der Waals surface area contributed by atoms with E-state index in [4.69, 9.17) is 0 Å². The van der Waals surface area contributed by atoms with Crippen LogP contribution in [0.2, 0.25) is 0 Å². The van der Waals surface area contributed by atoms with E-state index in [2.05, 4.69) is 29.3 Å². The van der Waals surface area contributed by atoms with Crippen molar-refractivity contribution in [2.24, 2.45) is 17.5 Å². The van der Waals surface area contributed by atoms with Gasteiger partial charge in [-0.1, -0.05) is 25.6 Å². The number of amidine groups is 1. The summed E-state index contributed by atoms with van der Waals surface area (Å²) in [6.45, 7) is 7.38. The molecule has 0 spiro atoms. The number of thioether (sulfide) groups is 1. The Kier molecular flexibility index (Phi) is 2.97. The summed E-state index contributed by atoms with van der Waals surface area (Å²) in [6, 6.07) is 0. The molecule has 16 heavy (non-hydrogen) atoms. The molecule has 0 fully saturated rings. The monoisotopic (exact) mass is 238 g/mol. The summed E-state index contributed by atoms with van der Waals surface area (Å²) in [7, 11) is 1.93. The summed E-state index contributed by atoms with van der Waals surface area (Å²) < 4.78 is 1.82. The first-order valence-electron chi connectivity index (χ1n) is 5.41. The molecular weight excluding hydrogens is 220 g/mol. The number of rotatable bonds is 1. The second kappa shape index (κ2) is 4.13. The molecule has 1 aromatic heterocycles. The van der Waals surface area contributed by atoms with E-state index < -0.39 is 0 Å². The fourth-order valence-electron chi connectivity index (χ4n) is 1.55. The van der Waals surface area contributed by atoms with Crippen molar-refractivity contribution in [1.82, 2.24) is 9.78 Å². The van der Waals surface area contributed by atoms with E-state index in [9.17, 15) is 0 Å². The van der Waals surface area contributed by atoms with Gasteiger partial charge >= 0.3 is 0 Å². The summed E-state index contributed by atoms with van der Waals surface area (Å²) in [5, 5.41) is 8.64. The molecule has 2 heterocycles. The maximum atomic E-state index is 4.56. The normalized spacial score (nSPS) is 19.4. The van der Waals surface area contributed by atoms with Crippen molar-refractivity contribution in [3.05, 3.63) is 11.9 Å². The minimum Gasteiger partial charge on any atom is -0.332 e. The topological polar surface area (TPSA) is 42.2 Å². The Bertz CT molecular complexity index is 420. The summed E-state index contributed by atoms with van der Waals surface area (Å²) in [6.07, 6.45) is 1.98. The van der Waals surface area contributed by atoms with Crippen molar-refractivity contribution < 1.29 is 0 Å². The smallest absolute Gasteiger partial charge is 0.161 e. The third kappa shape index (κ3) is 2.58. The lowest BCUT2D eigenvalue weighted by atomic mass is 9.97. The van der Waals surface area contributed by atoms with Gasteiger partial charge in [0.2, 0.25) is 0 Å². The van der Waals surface area contributed by atoms with E-state index in [1.807, 2.05) is 24.9 Å². The van der Waals surface area contributed by atoms with Crippen LogP contribution in [0.4, 0.5) is 5.69 Å². The highest BCUT2D eigenvalue weighted by atomic mass is 32.2. The lowest BCUT2D eigenvalue weighted by Gasteiger charge is -2.27. The molecule has 1 N–H and O–H groups in total. The third-order valence-corrected chi connectivity index (χ3v) is 3.94. The van der Waals surface area contributed by atoms with Gasteiger partial charge in [0.1, 0.15) is 0 Å². The zero-order valence-electron chi connectivity index (χ0n) is 10.2. The van der Waals surface area contributed by atoms with E-state index in [0.29, 0.717) is 5.41 Å². The van der Waals surface area contributed by atoms with Gasteiger partial charge in [-0.05, 0) is 12.3 Å². The Morgan fingerprint density at radius 1 is 1.50 bits per heavy atom. The Morgan fingerprint density at radius 2 is 2.25 bits per heavy atom. The van der Waals surface area contributed by atoms with Gasteiger partial charge in [-0.15, -0.1) is 0 Å². The minimum atomic E-state index is 0.319. The minimum absolute atomic E-state index is 0.319. The first-order chi connectivity index (χ1) is 7.46. The Balaban J connectivity index is 2.06. The Hall–Kier alpha value is -0.970. The van der Waals surface area contributed by atoms with Crippen LogP contribution in [0.3, 0.4) is 0 Å². The maximum absolute atomic E-state index is 4.56. The summed E-state index contributed by atoms with van der Waals surface area (Å²) in [5.74, 6) is 1.11. The van der Waals surface area contributed by atoms with Gasteiger partial charge < -0.3 is 5.32 Å². The van der Waals surface area contributed by atoms with Gasteiger partial charge in [-0.25, -0.2) is 0 Å². The molecule has 1 aliphatic rings. The SMILES string of the molecule is Cc1nn(C)cc1NC1=NCC(C)(C)CS1. The number of nitrogens with one attached hydrogen (secondary N) is 1. The molecule has 5 heteroatoms. The van der Waals surface area contributed by atoms with Crippen LogP contribution in [0.15, 0.2) is 11.2 Å². The van der Waals surface area contributed by atoms with E-state index in [1.165, 1.54) is 0 Å². The van der Waals surface area contributed by atoms with Crippen molar-refractivity contribution in [3.8, 4) is 0 Å². The quantitative estimate of drug-likeness (QED) is 0.816. The molecule has 0 radical (unpaired) electrons. The van der Waals surface area contributed by atoms with Crippen LogP contribution in [0.5, 0.6) is 0 Å². The number of aromatic nitrogens is 2. The second-order valence-electron chi connectivity index (χ2n) is 5.00. The molecule has 2 rings (SSSR count). The first-order valence-corrected chi connectivity index (χ1v) is 6.39. The molecule has 1 aliphatic heterocycles. The molecular formula is C11H18N4S. The fraction of sp³-hybridized carbons (Fsp3) is 0.636. The van der Waals surface area contributed by atoms with Crippen molar-refractivity contribution in [2.45, 2.75) is 20.8 Å². The average Bonchev–Trinajstić information content (AvgIpc) is 2.49. The summed E-state index contributed by atoms with van der Waals surface area (Å²) in [4.78, 5) is 4.56. The predicted molar refractivity (Wildman–Crippen MR) is 70.1 cm³/mol. The standard InChI is InChI=1S/C11H18N4S/c1-8-9(5-15(4)14-8)13-10-12-6-11(2,3)7-16-10/h5H,6-7H2,1-4H3,(H,12,13). The van der Waals surface area contributed by atoms with Crippen LogP contribution in [0, 0.1) is 12.3 Å². The lowest BCUT2D eigenvalue weighted by Crippen LogP contribution is -2.27. The van der Waals surface area contributed by atoms with Crippen LogP contribution in [-0.4, -0.2) is 27.2 Å². The van der Waals surface area contributed by atoms with Crippen molar-refractivity contribution >= 4 is 22.6 Å². The van der Waals surface area contributed by atoms with Gasteiger partial charge in [0.15, 0.2) is 5.17 Å². The van der Waals surface area contributed by atoms with E-state index in [-0.39, 0.29) is 0 Å². The Morgan fingerprint density at radius 3 is 2.75 bits per heavy atom. The van der Waals surface area contributed by atoms with Crippen LogP contribution >= 0.6 is 11.8 Å². The van der Waals surface area contributed by atoms with Crippen molar-refractivity contribution in [3.63, 3.8) is 0 Å². The summed E-state index contributed by atoms with van der Waals surface area (Å²) in [5.41, 5.74) is 2.38. The van der Waals surface area contributed by atoms with Crippen LogP contribution < -0.4 is 5.32 Å². The number of anilines is 1. The van der Waals surface area contributed by atoms with Gasteiger partial charge in [-0.3, -0.25) is 9.67 Å². The molecule has 88 valence electrons. The highest BCUT2D eigenvalue weighted by molar-refractivity contribution is 8.14. The molecule has 0 saturated carbocycles. The van der Waals surface area contributed by atoms with Crippen LogP contribution in [-0.2, 0) is 7.05 Å². The highest BCUT2D eigenvalue weighted by Crippen LogP contribution is 2.28. The molecule has 4 nitrogen and oxygen atoms in total. The van der Waals surface area contributed by atoms with Gasteiger partial charge in [0.25, 0.3) is 0 Å². The fourth-order valence-corrected chi connectivity index (χ4v) is 2.51. The molecule has 0 unspecified atom stereocenters. The van der Waals surface area contributed by atoms with Crippen molar-refractivity contribution in [2.75, 3.05) is 17.6 Å². The first kappa shape index (κ1) is 11.5. The number of hydrogen-bond acceptors (Lipinski definition) is 4. The lowest BCUT2D eigenvalue weighted by molar-refractivity contribution is 0.438. The van der Waals surface area contributed by atoms with Crippen molar-refractivity contribution in [1.29, 1.82) is 0 Å². The largest absolute Gasteiger partial charge is 0.332 e. The molecule has 1 aromatic rings. The third-order valence-electron chi connectivity index (χ3n) is 2.51. The van der Waals surface area contributed by atoms with Crippen LogP contribution in [0.25, 0.3) is 0 Å². The number of aryl methyl sites for hydroxylation is 2. The number of hydrogen-bond donors (Lipinski definition) is 1. The number of aliphatic imine (C=N–C) groups is 1. The van der Waals surface area contributed by atoms with E-state index in [0.717, 1.165) is 28.8 Å². The molecule has 0 aliphatic carbocycles. The average molecular weight is 238 g/mol. The molecule has 0 atom stereocenters. The number of nitrogens with zero attached hydrogens (tertiary/aromatic N) is 3. The highest BCUT2D eigenvalue weighted by Gasteiger charge is 2.23. The predicted octanol–water partition coefficient (Wildman–Crippen LogP) is 2.27. The van der Waals surface area contributed by atoms with E-state index >= 15 is 0 Å². The summed E-state index contributed by atoms with van der Waals surface area (Å²) >= 11 is 1.78.